The Kier molecular flexibility index (Phi) is 3.66. The Balaban J connectivity index is 2.20. The quantitative estimate of drug-likeness (QED) is 0.790. The van der Waals surface area contributed by atoms with Crippen LogP contribution in [0.4, 0.5) is 5.82 Å². The molecule has 1 N–H and O–H groups in total. The number of thioether (sulfide) groups is 1. The molecule has 1 aromatic rings. The van der Waals surface area contributed by atoms with Crippen LogP contribution in [-0.4, -0.2) is 45.8 Å². The van der Waals surface area contributed by atoms with E-state index in [4.69, 9.17) is 11.6 Å². The Morgan fingerprint density at radius 2 is 2.53 bits per heavy atom. The lowest BCUT2D eigenvalue weighted by molar-refractivity contribution is 0.268. The third-order valence-corrected chi connectivity index (χ3v) is 3.62. The first-order valence-corrected chi connectivity index (χ1v) is 6.28. The number of rotatable bonds is 2. The van der Waals surface area contributed by atoms with Gasteiger partial charge >= 0.3 is 0 Å². The van der Waals surface area contributed by atoms with Gasteiger partial charge in [-0.15, -0.1) is 0 Å². The van der Waals surface area contributed by atoms with Gasteiger partial charge in [-0.2, -0.15) is 11.8 Å². The highest BCUT2D eigenvalue weighted by molar-refractivity contribution is 7.99. The SMILES string of the molecule is OCC1CSCCN1c1ccnc(Cl)n1. The number of halogens is 1. The molecule has 2 heterocycles. The first kappa shape index (κ1) is 11.0. The average molecular weight is 246 g/mol. The maximum atomic E-state index is 9.26. The molecule has 1 aliphatic rings. The number of hydrogen-bond donors (Lipinski definition) is 1. The largest absolute Gasteiger partial charge is 0.394 e. The number of nitrogens with zero attached hydrogens (tertiary/aromatic N) is 3. The van der Waals surface area contributed by atoms with Crippen LogP contribution in [0.1, 0.15) is 0 Å². The van der Waals surface area contributed by atoms with E-state index in [2.05, 4.69) is 14.9 Å². The van der Waals surface area contributed by atoms with Gasteiger partial charge in [-0.3, -0.25) is 0 Å². The van der Waals surface area contributed by atoms with Crippen molar-refractivity contribution >= 4 is 29.2 Å². The summed E-state index contributed by atoms with van der Waals surface area (Å²) in [7, 11) is 0. The standard InChI is InChI=1S/C9H12ClN3OS/c10-9-11-2-1-8(12-9)13-3-4-15-6-7(13)5-14/h1-2,7,14H,3-6H2. The van der Waals surface area contributed by atoms with Gasteiger partial charge in [-0.1, -0.05) is 0 Å². The molecule has 0 spiro atoms. The fourth-order valence-electron chi connectivity index (χ4n) is 1.59. The van der Waals surface area contributed by atoms with Crippen LogP contribution in [0.5, 0.6) is 0 Å². The van der Waals surface area contributed by atoms with Crippen molar-refractivity contribution in [1.29, 1.82) is 0 Å². The molecule has 1 atom stereocenters. The fraction of sp³-hybridized carbons (Fsp3) is 0.556. The summed E-state index contributed by atoms with van der Waals surface area (Å²) in [5, 5.41) is 9.51. The first-order valence-electron chi connectivity index (χ1n) is 4.75. The normalized spacial score (nSPS) is 21.7. The van der Waals surface area contributed by atoms with Crippen LogP contribution in [0.15, 0.2) is 12.3 Å². The van der Waals surface area contributed by atoms with Gasteiger partial charge in [-0.05, 0) is 17.7 Å². The maximum absolute atomic E-state index is 9.26. The van der Waals surface area contributed by atoms with Crippen LogP contribution in [0.2, 0.25) is 5.28 Å². The van der Waals surface area contributed by atoms with E-state index in [9.17, 15) is 5.11 Å². The molecule has 4 nitrogen and oxygen atoms in total. The number of hydrogen-bond acceptors (Lipinski definition) is 5. The molecule has 15 heavy (non-hydrogen) atoms. The molecule has 0 saturated carbocycles. The molecule has 0 bridgehead atoms. The minimum Gasteiger partial charge on any atom is -0.394 e. The van der Waals surface area contributed by atoms with E-state index in [1.807, 2.05) is 17.8 Å². The van der Waals surface area contributed by atoms with Gasteiger partial charge in [0.25, 0.3) is 0 Å². The van der Waals surface area contributed by atoms with Gasteiger partial charge in [0.2, 0.25) is 5.28 Å². The summed E-state index contributed by atoms with van der Waals surface area (Å²) in [5.41, 5.74) is 0. The highest BCUT2D eigenvalue weighted by Crippen LogP contribution is 2.22. The molecule has 0 aliphatic carbocycles. The lowest BCUT2D eigenvalue weighted by Crippen LogP contribution is -2.45. The Morgan fingerprint density at radius 1 is 1.67 bits per heavy atom. The molecule has 1 fully saturated rings. The summed E-state index contributed by atoms with van der Waals surface area (Å²) < 4.78 is 0. The Morgan fingerprint density at radius 3 is 3.27 bits per heavy atom. The van der Waals surface area contributed by atoms with Crippen molar-refractivity contribution < 1.29 is 5.11 Å². The highest BCUT2D eigenvalue weighted by Gasteiger charge is 2.23. The van der Waals surface area contributed by atoms with Gasteiger partial charge in [0.05, 0.1) is 12.6 Å². The summed E-state index contributed by atoms with van der Waals surface area (Å²) in [6.45, 7) is 1.04. The topological polar surface area (TPSA) is 49.2 Å². The summed E-state index contributed by atoms with van der Waals surface area (Å²) in [5.74, 6) is 2.78. The van der Waals surface area contributed by atoms with Gasteiger partial charge in [0.15, 0.2) is 0 Å². The second-order valence-electron chi connectivity index (χ2n) is 3.29. The predicted molar refractivity (Wildman–Crippen MR) is 62.6 cm³/mol. The van der Waals surface area contributed by atoms with E-state index in [1.54, 1.807) is 6.20 Å². The van der Waals surface area contributed by atoms with Crippen LogP contribution in [-0.2, 0) is 0 Å². The van der Waals surface area contributed by atoms with E-state index < -0.39 is 0 Å². The van der Waals surface area contributed by atoms with Gasteiger partial charge < -0.3 is 10.0 Å². The first-order chi connectivity index (χ1) is 7.31. The molecule has 82 valence electrons. The Bertz CT molecular complexity index is 339. The lowest BCUT2D eigenvalue weighted by Gasteiger charge is -2.35. The molecular formula is C9H12ClN3OS. The zero-order valence-electron chi connectivity index (χ0n) is 8.14. The fourth-order valence-corrected chi connectivity index (χ4v) is 2.79. The molecule has 1 saturated heterocycles. The van der Waals surface area contributed by atoms with Crippen molar-refractivity contribution in [2.24, 2.45) is 0 Å². The number of aliphatic hydroxyl groups is 1. The van der Waals surface area contributed by atoms with Crippen molar-refractivity contribution in [2.75, 3.05) is 29.6 Å². The van der Waals surface area contributed by atoms with Crippen LogP contribution < -0.4 is 4.90 Å². The van der Waals surface area contributed by atoms with E-state index in [0.717, 1.165) is 23.9 Å². The molecule has 1 aliphatic heterocycles. The zero-order valence-corrected chi connectivity index (χ0v) is 9.71. The minimum absolute atomic E-state index is 0.134. The van der Waals surface area contributed by atoms with E-state index >= 15 is 0 Å². The van der Waals surface area contributed by atoms with Crippen molar-refractivity contribution in [3.05, 3.63) is 17.5 Å². The van der Waals surface area contributed by atoms with Crippen molar-refractivity contribution in [3.8, 4) is 0 Å². The molecule has 0 radical (unpaired) electrons. The van der Waals surface area contributed by atoms with Crippen molar-refractivity contribution in [1.82, 2.24) is 9.97 Å². The molecule has 6 heteroatoms. The monoisotopic (exact) mass is 245 g/mol. The Hall–Kier alpha value is -0.520. The van der Waals surface area contributed by atoms with Crippen molar-refractivity contribution in [3.63, 3.8) is 0 Å². The smallest absolute Gasteiger partial charge is 0.224 e. The van der Waals surface area contributed by atoms with Crippen LogP contribution in [0.25, 0.3) is 0 Å². The third kappa shape index (κ3) is 2.53. The maximum Gasteiger partial charge on any atom is 0.224 e. The van der Waals surface area contributed by atoms with Gasteiger partial charge in [0.1, 0.15) is 5.82 Å². The zero-order chi connectivity index (χ0) is 10.7. The number of anilines is 1. The predicted octanol–water partition coefficient (Wildman–Crippen LogP) is 1.04. The molecule has 1 unspecified atom stereocenters. The van der Waals surface area contributed by atoms with Crippen LogP contribution >= 0.6 is 23.4 Å². The van der Waals surface area contributed by atoms with Gasteiger partial charge in [0, 0.05) is 24.2 Å². The molecule has 0 amide bonds. The minimum atomic E-state index is 0.134. The van der Waals surface area contributed by atoms with E-state index in [0.29, 0.717) is 0 Å². The van der Waals surface area contributed by atoms with Crippen LogP contribution in [0.3, 0.4) is 0 Å². The summed E-state index contributed by atoms with van der Waals surface area (Å²) >= 11 is 7.59. The van der Waals surface area contributed by atoms with E-state index in [-0.39, 0.29) is 17.9 Å². The molecule has 2 rings (SSSR count). The second-order valence-corrected chi connectivity index (χ2v) is 4.78. The molecule has 1 aromatic heterocycles. The second kappa shape index (κ2) is 5.01. The summed E-state index contributed by atoms with van der Waals surface area (Å²) in [6.07, 6.45) is 1.64. The summed E-state index contributed by atoms with van der Waals surface area (Å²) in [4.78, 5) is 10.1. The Labute approximate surface area is 97.7 Å². The molecule has 0 aromatic carbocycles. The van der Waals surface area contributed by atoms with E-state index in [1.165, 1.54) is 0 Å². The average Bonchev–Trinajstić information content (AvgIpc) is 2.29. The van der Waals surface area contributed by atoms with Crippen molar-refractivity contribution in [2.45, 2.75) is 6.04 Å². The van der Waals surface area contributed by atoms with Crippen LogP contribution in [0, 0.1) is 0 Å². The number of aliphatic hydroxyl groups excluding tert-OH is 1. The number of aromatic nitrogens is 2. The van der Waals surface area contributed by atoms with Gasteiger partial charge in [-0.25, -0.2) is 9.97 Å². The highest BCUT2D eigenvalue weighted by atomic mass is 35.5. The third-order valence-electron chi connectivity index (χ3n) is 2.34. The molecular weight excluding hydrogens is 234 g/mol. The lowest BCUT2D eigenvalue weighted by atomic mass is 10.3. The summed E-state index contributed by atoms with van der Waals surface area (Å²) in [6, 6.07) is 1.96.